The number of benzene rings is 2. The van der Waals surface area contributed by atoms with E-state index in [9.17, 15) is 9.59 Å². The predicted molar refractivity (Wildman–Crippen MR) is 129 cm³/mol. The fourth-order valence-electron chi connectivity index (χ4n) is 5.67. The molecular formula is C27H30ClNO5. The standard InChI is InChI=1S/C27H30ClNO5/c1-32-24-20(14-19(15-22(24)28)26(31)33-2)17-5-7-18(8-6-17)21-16-27(21)9-11-29(12-10-27)25(30)23-4-3-13-34-23/h5-8,14-15,21,23H,3-4,9-13,16H2,1-2H3/t21?,23-/m1/s1. The molecule has 5 rings (SSSR count). The normalized spacial score (nSPS) is 23.1. The molecule has 6 nitrogen and oxygen atoms in total. The molecule has 0 N–H and O–H groups in total. The highest BCUT2D eigenvalue weighted by atomic mass is 35.5. The first-order valence-electron chi connectivity index (χ1n) is 11.9. The fraction of sp³-hybridized carbons (Fsp3) is 0.481. The molecule has 2 aromatic rings. The molecule has 2 saturated heterocycles. The maximum atomic E-state index is 12.7. The smallest absolute Gasteiger partial charge is 0.337 e. The SMILES string of the molecule is COC(=O)c1cc(Cl)c(OC)c(-c2ccc(C3CC34CCN(C(=O)[C@H]3CCCO3)CC4)cc2)c1. The molecule has 1 amide bonds. The van der Waals surface area contributed by atoms with E-state index in [2.05, 4.69) is 24.3 Å². The molecule has 0 radical (unpaired) electrons. The van der Waals surface area contributed by atoms with Crippen LogP contribution in [0.3, 0.4) is 0 Å². The molecule has 2 aromatic carbocycles. The maximum absolute atomic E-state index is 12.7. The van der Waals surface area contributed by atoms with E-state index in [0.717, 1.165) is 49.9 Å². The van der Waals surface area contributed by atoms with Gasteiger partial charge in [-0.15, -0.1) is 0 Å². The largest absolute Gasteiger partial charge is 0.495 e. The molecule has 180 valence electrons. The number of halogens is 1. The number of ether oxygens (including phenoxy) is 3. The molecule has 2 atom stereocenters. The summed E-state index contributed by atoms with van der Waals surface area (Å²) in [6, 6.07) is 11.8. The maximum Gasteiger partial charge on any atom is 0.337 e. The van der Waals surface area contributed by atoms with Gasteiger partial charge in [-0.1, -0.05) is 35.9 Å². The molecule has 1 unspecified atom stereocenters. The van der Waals surface area contributed by atoms with Crippen LogP contribution in [-0.4, -0.2) is 56.8 Å². The lowest BCUT2D eigenvalue weighted by Gasteiger charge is -2.34. The third-order valence-corrected chi connectivity index (χ3v) is 8.04. The van der Waals surface area contributed by atoms with Crippen molar-refractivity contribution in [3.8, 4) is 16.9 Å². The van der Waals surface area contributed by atoms with Gasteiger partial charge in [0.1, 0.15) is 11.9 Å². The van der Waals surface area contributed by atoms with Gasteiger partial charge in [-0.25, -0.2) is 4.79 Å². The number of hydrogen-bond acceptors (Lipinski definition) is 5. The van der Waals surface area contributed by atoms with E-state index in [0.29, 0.717) is 34.3 Å². The summed E-state index contributed by atoms with van der Waals surface area (Å²) in [7, 11) is 2.92. The van der Waals surface area contributed by atoms with Gasteiger partial charge in [0.15, 0.2) is 0 Å². The number of carbonyl (C=O) groups excluding carboxylic acids is 2. The Morgan fingerprint density at radius 2 is 1.85 bits per heavy atom. The summed E-state index contributed by atoms with van der Waals surface area (Å²) in [5, 5.41) is 0.370. The summed E-state index contributed by atoms with van der Waals surface area (Å²) in [6.07, 6.45) is 4.87. The van der Waals surface area contributed by atoms with Crippen molar-refractivity contribution in [2.45, 2.75) is 44.1 Å². The fourth-order valence-corrected chi connectivity index (χ4v) is 5.96. The lowest BCUT2D eigenvalue weighted by Crippen LogP contribution is -2.44. The lowest BCUT2D eigenvalue weighted by molar-refractivity contribution is -0.142. The Bertz CT molecular complexity index is 1080. The second-order valence-electron chi connectivity index (χ2n) is 9.60. The summed E-state index contributed by atoms with van der Waals surface area (Å²) >= 11 is 6.38. The van der Waals surface area contributed by atoms with Crippen LogP contribution in [0.1, 0.15) is 53.9 Å². The Kier molecular flexibility index (Phi) is 6.30. The van der Waals surface area contributed by atoms with E-state index in [1.165, 1.54) is 19.1 Å². The molecule has 34 heavy (non-hydrogen) atoms. The Labute approximate surface area is 205 Å². The topological polar surface area (TPSA) is 65.1 Å². The predicted octanol–water partition coefficient (Wildman–Crippen LogP) is 5.08. The van der Waals surface area contributed by atoms with Crippen molar-refractivity contribution in [2.75, 3.05) is 33.9 Å². The zero-order valence-corrected chi connectivity index (χ0v) is 20.4. The highest BCUT2D eigenvalue weighted by Crippen LogP contribution is 2.65. The summed E-state index contributed by atoms with van der Waals surface area (Å²) in [6.45, 7) is 2.35. The number of likely N-dealkylation sites (tertiary alicyclic amines) is 1. The first-order valence-corrected chi connectivity index (χ1v) is 12.3. The third kappa shape index (κ3) is 4.18. The minimum absolute atomic E-state index is 0.177. The van der Waals surface area contributed by atoms with Gasteiger partial charge >= 0.3 is 5.97 Å². The van der Waals surface area contributed by atoms with Crippen LogP contribution in [0.5, 0.6) is 5.75 Å². The highest BCUT2D eigenvalue weighted by molar-refractivity contribution is 6.33. The number of nitrogens with zero attached hydrogens (tertiary/aromatic N) is 1. The summed E-state index contributed by atoms with van der Waals surface area (Å²) < 4.78 is 16.0. The monoisotopic (exact) mass is 483 g/mol. The van der Waals surface area contributed by atoms with Crippen molar-refractivity contribution in [1.29, 1.82) is 0 Å². The average molecular weight is 484 g/mol. The van der Waals surface area contributed by atoms with E-state index in [4.69, 9.17) is 25.8 Å². The quantitative estimate of drug-likeness (QED) is 0.555. The molecular weight excluding hydrogens is 454 g/mol. The van der Waals surface area contributed by atoms with Crippen molar-refractivity contribution in [3.05, 3.63) is 52.5 Å². The number of amides is 1. The van der Waals surface area contributed by atoms with Crippen LogP contribution in [-0.2, 0) is 14.3 Å². The molecule has 1 spiro atoms. The number of esters is 1. The Morgan fingerprint density at radius 1 is 1.12 bits per heavy atom. The van der Waals surface area contributed by atoms with Gasteiger partial charge in [-0.2, -0.15) is 0 Å². The van der Waals surface area contributed by atoms with Gasteiger partial charge < -0.3 is 19.1 Å². The number of piperidine rings is 1. The first kappa shape index (κ1) is 23.2. The molecule has 1 saturated carbocycles. The van der Waals surface area contributed by atoms with Gasteiger partial charge in [0, 0.05) is 25.3 Å². The van der Waals surface area contributed by atoms with Crippen LogP contribution in [0.15, 0.2) is 36.4 Å². The van der Waals surface area contributed by atoms with Crippen LogP contribution in [0.25, 0.3) is 11.1 Å². The van der Waals surface area contributed by atoms with Crippen LogP contribution in [0, 0.1) is 5.41 Å². The summed E-state index contributed by atoms with van der Waals surface area (Å²) in [5.74, 6) is 0.795. The van der Waals surface area contributed by atoms with Gasteiger partial charge in [0.2, 0.25) is 0 Å². The van der Waals surface area contributed by atoms with Crippen molar-refractivity contribution in [3.63, 3.8) is 0 Å². The van der Waals surface area contributed by atoms with Gasteiger partial charge in [-0.3, -0.25) is 4.79 Å². The zero-order chi connectivity index (χ0) is 23.9. The first-order chi connectivity index (χ1) is 16.5. The number of methoxy groups -OCH3 is 2. The van der Waals surface area contributed by atoms with Crippen LogP contribution < -0.4 is 4.74 Å². The van der Waals surface area contributed by atoms with Crippen molar-refractivity contribution in [2.24, 2.45) is 5.41 Å². The van der Waals surface area contributed by atoms with Crippen LogP contribution >= 0.6 is 11.6 Å². The van der Waals surface area contributed by atoms with Gasteiger partial charge in [0.25, 0.3) is 5.91 Å². The number of hydrogen-bond donors (Lipinski definition) is 0. The minimum atomic E-state index is -0.438. The van der Waals surface area contributed by atoms with Gasteiger partial charge in [-0.05, 0) is 66.7 Å². The van der Waals surface area contributed by atoms with E-state index >= 15 is 0 Å². The van der Waals surface area contributed by atoms with E-state index in [1.54, 1.807) is 19.2 Å². The molecule has 2 heterocycles. The Morgan fingerprint density at radius 3 is 2.47 bits per heavy atom. The summed E-state index contributed by atoms with van der Waals surface area (Å²) in [4.78, 5) is 26.7. The van der Waals surface area contributed by atoms with E-state index in [1.807, 2.05) is 4.90 Å². The zero-order valence-electron chi connectivity index (χ0n) is 19.6. The lowest BCUT2D eigenvalue weighted by atomic mass is 9.88. The van der Waals surface area contributed by atoms with Crippen molar-refractivity contribution in [1.82, 2.24) is 4.90 Å². The Balaban J connectivity index is 1.28. The molecule has 7 heteroatoms. The van der Waals surface area contributed by atoms with Crippen LogP contribution in [0.2, 0.25) is 5.02 Å². The molecule has 0 bridgehead atoms. The third-order valence-electron chi connectivity index (χ3n) is 7.76. The van der Waals surface area contributed by atoms with E-state index < -0.39 is 5.97 Å². The molecule has 1 aliphatic carbocycles. The Hall–Kier alpha value is -2.57. The molecule has 0 aromatic heterocycles. The molecule has 3 aliphatic rings. The average Bonchev–Trinajstić information content (AvgIpc) is 3.28. The number of rotatable bonds is 5. The van der Waals surface area contributed by atoms with Gasteiger partial charge in [0.05, 0.1) is 24.8 Å². The number of carbonyl (C=O) groups is 2. The second-order valence-corrected chi connectivity index (χ2v) is 10.0. The highest BCUT2D eigenvalue weighted by Gasteiger charge is 2.55. The molecule has 3 fully saturated rings. The van der Waals surface area contributed by atoms with Crippen molar-refractivity contribution < 1.29 is 23.8 Å². The van der Waals surface area contributed by atoms with E-state index in [-0.39, 0.29) is 12.0 Å². The minimum Gasteiger partial charge on any atom is -0.495 e. The van der Waals surface area contributed by atoms with Crippen LogP contribution in [0.4, 0.5) is 0 Å². The second kappa shape index (κ2) is 9.23. The van der Waals surface area contributed by atoms with Crippen molar-refractivity contribution >= 4 is 23.5 Å². The summed E-state index contributed by atoms with van der Waals surface area (Å²) in [5.41, 5.74) is 3.70. The molecule has 2 aliphatic heterocycles.